The maximum atomic E-state index is 10.4. The van der Waals surface area contributed by atoms with Crippen molar-refractivity contribution in [1.82, 2.24) is 15.5 Å². The summed E-state index contributed by atoms with van der Waals surface area (Å²) in [7, 11) is -4.94. The Balaban J connectivity index is 0.000000383. The second-order valence-electron chi connectivity index (χ2n) is 3.45. The highest BCUT2D eigenvalue weighted by atomic mass is 35.7. The molecule has 2 rings (SSSR count). The first-order valence-corrected chi connectivity index (χ1v) is 6.40. The van der Waals surface area contributed by atoms with Crippen LogP contribution in [0.2, 0.25) is 0 Å². The minimum Gasteiger partial charge on any atom is -0.478 e. The van der Waals surface area contributed by atoms with Crippen LogP contribution in [0.5, 0.6) is 0 Å². The first kappa shape index (κ1) is 16.7. The van der Waals surface area contributed by atoms with Crippen molar-refractivity contribution >= 4 is 12.0 Å². The number of aromatic nitrogens is 4. The molecule has 1 aromatic heterocycles. The fourth-order valence-corrected chi connectivity index (χ4v) is 1.25. The summed E-state index contributed by atoms with van der Waals surface area (Å²) in [6, 6.07) is 7.31. The van der Waals surface area contributed by atoms with Gasteiger partial charge in [-0.25, -0.2) is 23.4 Å². The number of carboxylic acid groups (broad SMARTS) is 1. The van der Waals surface area contributed by atoms with Crippen LogP contribution in [0.25, 0.3) is 11.8 Å². The number of aliphatic carboxylic acids is 1. The lowest BCUT2D eigenvalue weighted by Crippen LogP contribution is -2.68. The Labute approximate surface area is 119 Å². The topological polar surface area (TPSA) is 175 Å². The molecule has 0 amide bonds. The number of carboxylic acids is 1. The van der Waals surface area contributed by atoms with Crippen molar-refractivity contribution in [2.45, 2.75) is 0 Å². The van der Waals surface area contributed by atoms with Gasteiger partial charge >= 0.3 is 5.97 Å². The van der Waals surface area contributed by atoms with Crippen molar-refractivity contribution in [3.8, 4) is 5.69 Å². The molecule has 112 valence electrons. The molecule has 0 radical (unpaired) electrons. The van der Waals surface area contributed by atoms with Crippen LogP contribution in [0.4, 0.5) is 0 Å². The molecule has 2 N–H and O–H groups in total. The molecular formula is C10H9ClN4O6. The van der Waals surface area contributed by atoms with Crippen molar-refractivity contribution in [3.05, 3.63) is 42.2 Å². The van der Waals surface area contributed by atoms with Crippen LogP contribution >= 0.6 is 0 Å². The maximum absolute atomic E-state index is 10.4. The fraction of sp³-hybridized carbons (Fsp3) is 0. The molecule has 0 atom stereocenters. The Bertz CT molecular complexity index is 604. The molecular weight excluding hydrogens is 308 g/mol. The zero-order valence-electron chi connectivity index (χ0n) is 10.2. The number of nitrogens with one attached hydrogen (secondary N) is 1. The van der Waals surface area contributed by atoms with Crippen LogP contribution in [-0.2, 0) is 4.79 Å². The molecule has 21 heavy (non-hydrogen) atoms. The van der Waals surface area contributed by atoms with Gasteiger partial charge in [0.15, 0.2) is 5.21 Å². The molecule has 0 saturated carbocycles. The number of benzene rings is 1. The molecule has 0 saturated heterocycles. The van der Waals surface area contributed by atoms with Crippen LogP contribution < -0.4 is 23.3 Å². The van der Waals surface area contributed by atoms with Gasteiger partial charge in [-0.05, 0) is 23.8 Å². The normalized spacial score (nSPS) is 11.0. The lowest BCUT2D eigenvalue weighted by molar-refractivity contribution is -2.00. The summed E-state index contributed by atoms with van der Waals surface area (Å²) in [5.41, 5.74) is 1.62. The predicted octanol–water partition coefficient (Wildman–Crippen LogP) is -4.58. The molecule has 0 spiro atoms. The second kappa shape index (κ2) is 7.42. The van der Waals surface area contributed by atoms with Gasteiger partial charge in [-0.3, -0.25) is 0 Å². The van der Waals surface area contributed by atoms with Crippen molar-refractivity contribution in [1.29, 1.82) is 0 Å². The number of halogens is 1. The number of nitrogens with zero attached hydrogens (tertiary/aromatic N) is 3. The van der Waals surface area contributed by atoms with E-state index in [4.69, 9.17) is 23.7 Å². The predicted molar refractivity (Wildman–Crippen MR) is 54.6 cm³/mol. The zero-order valence-corrected chi connectivity index (χ0v) is 11.0. The highest BCUT2D eigenvalue weighted by Gasteiger charge is 2.03. The van der Waals surface area contributed by atoms with Gasteiger partial charge in [0.05, 0.1) is 0 Å². The van der Waals surface area contributed by atoms with E-state index in [2.05, 4.69) is 15.5 Å². The van der Waals surface area contributed by atoms with Gasteiger partial charge in [-0.2, -0.15) is 0 Å². The summed E-state index contributed by atoms with van der Waals surface area (Å²) in [5.74, 6) is -0.971. The van der Waals surface area contributed by atoms with Gasteiger partial charge in [0.1, 0.15) is 10.8 Å². The van der Waals surface area contributed by atoms with Gasteiger partial charge in [-0.1, -0.05) is 17.3 Å². The van der Waals surface area contributed by atoms with Gasteiger partial charge in [-0.15, -0.1) is 14.9 Å². The monoisotopic (exact) mass is 316 g/mol. The summed E-state index contributed by atoms with van der Waals surface area (Å²) in [5, 5.41) is 18.4. The van der Waals surface area contributed by atoms with E-state index in [1.165, 1.54) is 12.4 Å². The molecule has 0 aliphatic heterocycles. The summed E-state index contributed by atoms with van der Waals surface area (Å²) >= 11 is 0. The van der Waals surface area contributed by atoms with Crippen LogP contribution in [0, 0.1) is 10.2 Å². The van der Waals surface area contributed by atoms with Gasteiger partial charge in [0.2, 0.25) is 0 Å². The van der Waals surface area contributed by atoms with Crippen molar-refractivity contribution in [3.63, 3.8) is 0 Å². The van der Waals surface area contributed by atoms with Crippen LogP contribution in [-0.4, -0.2) is 26.6 Å². The Morgan fingerprint density at radius 1 is 1.33 bits per heavy atom. The number of H-pyrrole nitrogens is 1. The molecule has 1 heterocycles. The van der Waals surface area contributed by atoms with Crippen molar-refractivity contribution in [2.24, 2.45) is 0 Å². The third kappa shape index (κ3) is 7.71. The van der Waals surface area contributed by atoms with Crippen LogP contribution in [0.15, 0.2) is 36.7 Å². The summed E-state index contributed by atoms with van der Waals surface area (Å²) < 4.78 is 35.6. The number of rotatable bonds is 3. The van der Waals surface area contributed by atoms with Gasteiger partial charge < -0.3 is 5.11 Å². The number of hydrogen-bond acceptors (Lipinski definition) is 7. The van der Waals surface area contributed by atoms with E-state index >= 15 is 0 Å². The Hall–Kier alpha value is -2.37. The summed E-state index contributed by atoms with van der Waals surface area (Å²) in [6.07, 6.45) is 4.14. The third-order valence-corrected chi connectivity index (χ3v) is 1.94. The lowest BCUT2D eigenvalue weighted by Gasteiger charge is -2.17. The highest BCUT2D eigenvalue weighted by Crippen LogP contribution is 2.06. The van der Waals surface area contributed by atoms with Crippen LogP contribution in [0.3, 0.4) is 0 Å². The molecule has 0 aliphatic carbocycles. The summed E-state index contributed by atoms with van der Waals surface area (Å²) in [4.78, 5) is 10.4. The number of aromatic amines is 1. The van der Waals surface area contributed by atoms with Crippen LogP contribution in [0.1, 0.15) is 5.56 Å². The zero-order chi connectivity index (χ0) is 15.9. The molecule has 0 aliphatic rings. The minimum absolute atomic E-state index is 0.794. The number of hydrogen-bond donors (Lipinski definition) is 2. The van der Waals surface area contributed by atoms with E-state index in [0.29, 0.717) is 0 Å². The Morgan fingerprint density at radius 3 is 2.52 bits per heavy atom. The molecule has 11 heteroatoms. The average molecular weight is 317 g/mol. The van der Waals surface area contributed by atoms with E-state index in [1.807, 2.05) is 24.3 Å². The Kier molecular flexibility index (Phi) is 5.90. The lowest BCUT2D eigenvalue weighted by atomic mass is 10.2. The van der Waals surface area contributed by atoms with E-state index in [-0.39, 0.29) is 0 Å². The average Bonchev–Trinajstić information content (AvgIpc) is 2.88. The third-order valence-electron chi connectivity index (χ3n) is 1.94. The van der Waals surface area contributed by atoms with E-state index in [0.717, 1.165) is 17.3 Å². The molecule has 0 fully saturated rings. The Morgan fingerprint density at radius 2 is 2.00 bits per heavy atom. The SMILES string of the molecule is O=C(O)C=Cc1cccc(-[n+]2cnn[nH]2)c1.[O-][Cl+3]([O-])([O-])[O-]. The highest BCUT2D eigenvalue weighted by molar-refractivity contribution is 5.85. The number of tetrazole rings is 1. The van der Waals surface area contributed by atoms with E-state index in [1.54, 1.807) is 4.68 Å². The molecule has 10 nitrogen and oxygen atoms in total. The largest absolute Gasteiger partial charge is 0.478 e. The first-order chi connectivity index (χ1) is 9.75. The minimum atomic E-state index is -4.94. The summed E-state index contributed by atoms with van der Waals surface area (Å²) in [6.45, 7) is 0. The second-order valence-corrected chi connectivity index (χ2v) is 4.20. The van der Waals surface area contributed by atoms with Gasteiger partial charge in [0.25, 0.3) is 6.33 Å². The fourth-order valence-electron chi connectivity index (χ4n) is 1.25. The quantitative estimate of drug-likeness (QED) is 0.420. The molecule has 1 aromatic carbocycles. The smallest absolute Gasteiger partial charge is 0.328 e. The standard InChI is InChI=1S/C10H8N4O2.ClHO4/c15-10(16)5-4-8-2-1-3-9(6-8)14-7-11-12-13-14;2-1(3,4)5/h1-7H,(H,15,16);(H,2,3,4,5). The van der Waals surface area contributed by atoms with E-state index < -0.39 is 16.2 Å². The molecule has 0 bridgehead atoms. The van der Waals surface area contributed by atoms with Gasteiger partial charge in [0, 0.05) is 6.08 Å². The number of carbonyl (C=O) groups is 1. The molecule has 0 unspecified atom stereocenters. The first-order valence-electron chi connectivity index (χ1n) is 5.16. The maximum Gasteiger partial charge on any atom is 0.328 e. The van der Waals surface area contributed by atoms with Crippen molar-refractivity contribution in [2.75, 3.05) is 0 Å². The van der Waals surface area contributed by atoms with Crippen molar-refractivity contribution < 1.29 is 43.5 Å². The van der Waals surface area contributed by atoms with E-state index in [9.17, 15) is 4.79 Å². The molecule has 2 aromatic rings.